The highest BCUT2D eigenvalue weighted by Gasteiger charge is 2.13. The maximum Gasteiger partial charge on any atom is 0.229 e. The molecule has 0 bridgehead atoms. The van der Waals surface area contributed by atoms with Gasteiger partial charge in [0.05, 0.1) is 18.5 Å². The minimum absolute atomic E-state index is 0.370. The van der Waals surface area contributed by atoms with Crippen LogP contribution in [0.2, 0.25) is 0 Å². The van der Waals surface area contributed by atoms with Gasteiger partial charge in [-0.25, -0.2) is 13.4 Å². The Labute approximate surface area is 143 Å². The molecule has 0 heterocycles. The zero-order valence-electron chi connectivity index (χ0n) is 14.0. The maximum absolute atomic E-state index is 11.2. The third kappa shape index (κ3) is 7.08. The molecular weight excluding hydrogens is 328 g/mol. The van der Waals surface area contributed by atoms with Gasteiger partial charge in [-0.1, -0.05) is 25.3 Å². The van der Waals surface area contributed by atoms with Crippen LogP contribution in [0, 0.1) is 0 Å². The Hall–Kier alpha value is -1.96. The van der Waals surface area contributed by atoms with E-state index in [9.17, 15) is 8.42 Å². The van der Waals surface area contributed by atoms with E-state index in [4.69, 9.17) is 10.5 Å². The van der Waals surface area contributed by atoms with Gasteiger partial charge < -0.3 is 15.8 Å². The first kappa shape index (κ1) is 18.4. The van der Waals surface area contributed by atoms with Crippen LogP contribution in [0.15, 0.2) is 29.3 Å². The topological polar surface area (TPSA) is 106 Å². The molecule has 2 rings (SSSR count). The van der Waals surface area contributed by atoms with Crippen LogP contribution in [0.5, 0.6) is 5.75 Å². The average molecular weight is 354 g/mol. The summed E-state index contributed by atoms with van der Waals surface area (Å²) in [6.07, 6.45) is 7.19. The van der Waals surface area contributed by atoms with Crippen molar-refractivity contribution in [2.45, 2.75) is 38.1 Å². The lowest BCUT2D eigenvalue weighted by molar-refractivity contribution is 0.328. The number of rotatable bonds is 7. The van der Waals surface area contributed by atoms with Gasteiger partial charge in [0.1, 0.15) is 12.4 Å². The number of nitrogens with two attached hydrogens (primary N) is 1. The molecule has 0 aliphatic heterocycles. The summed E-state index contributed by atoms with van der Waals surface area (Å²) in [5.74, 6) is 1.04. The van der Waals surface area contributed by atoms with E-state index in [1.54, 1.807) is 24.3 Å². The number of nitrogens with one attached hydrogen (secondary N) is 2. The third-order valence-corrected chi connectivity index (χ3v) is 4.34. The summed E-state index contributed by atoms with van der Waals surface area (Å²) in [6, 6.07) is 7.22. The summed E-state index contributed by atoms with van der Waals surface area (Å²) in [4.78, 5) is 4.26. The number of benzene rings is 1. The first-order valence-corrected chi connectivity index (χ1v) is 10.1. The molecule has 1 aliphatic rings. The van der Waals surface area contributed by atoms with Crippen molar-refractivity contribution in [3.05, 3.63) is 24.3 Å². The Kier molecular flexibility index (Phi) is 6.72. The molecule has 1 saturated carbocycles. The number of hydrogen-bond donors (Lipinski definition) is 3. The van der Waals surface area contributed by atoms with Crippen LogP contribution in [0.1, 0.15) is 32.1 Å². The molecule has 1 fully saturated rings. The molecule has 4 N–H and O–H groups in total. The van der Waals surface area contributed by atoms with Crippen molar-refractivity contribution >= 4 is 21.7 Å². The maximum atomic E-state index is 11.2. The Morgan fingerprint density at radius 3 is 2.79 bits per heavy atom. The normalized spacial score (nSPS) is 16.6. The van der Waals surface area contributed by atoms with E-state index in [1.165, 1.54) is 19.3 Å². The van der Waals surface area contributed by atoms with Gasteiger partial charge in [-0.05, 0) is 25.0 Å². The minimum atomic E-state index is -3.30. The van der Waals surface area contributed by atoms with E-state index in [-0.39, 0.29) is 0 Å². The lowest BCUT2D eigenvalue weighted by Gasteiger charge is -2.23. The SMILES string of the molecule is CS(=O)(=O)Nc1cccc(OCCN=C(N)NC2CCCCC2)c1. The zero-order chi connectivity index (χ0) is 17.4. The van der Waals surface area contributed by atoms with Gasteiger partial charge in [-0.2, -0.15) is 0 Å². The van der Waals surface area contributed by atoms with E-state index >= 15 is 0 Å². The molecule has 0 radical (unpaired) electrons. The predicted octanol–water partition coefficient (Wildman–Crippen LogP) is 1.67. The molecule has 0 atom stereocenters. The molecule has 134 valence electrons. The van der Waals surface area contributed by atoms with Crippen LogP contribution >= 0.6 is 0 Å². The van der Waals surface area contributed by atoms with Crippen molar-refractivity contribution in [1.82, 2.24) is 5.32 Å². The molecule has 1 aromatic rings. The van der Waals surface area contributed by atoms with Gasteiger partial charge in [0.25, 0.3) is 0 Å². The number of hydrogen-bond acceptors (Lipinski definition) is 4. The number of ether oxygens (including phenoxy) is 1. The molecule has 0 aromatic heterocycles. The molecule has 0 spiro atoms. The average Bonchev–Trinajstić information content (AvgIpc) is 2.51. The monoisotopic (exact) mass is 354 g/mol. The largest absolute Gasteiger partial charge is 0.492 e. The summed E-state index contributed by atoms with van der Waals surface area (Å²) < 4.78 is 30.4. The summed E-state index contributed by atoms with van der Waals surface area (Å²) in [6.45, 7) is 0.810. The van der Waals surface area contributed by atoms with Crippen molar-refractivity contribution < 1.29 is 13.2 Å². The molecule has 0 amide bonds. The van der Waals surface area contributed by atoms with E-state index in [2.05, 4.69) is 15.0 Å². The Morgan fingerprint density at radius 1 is 1.33 bits per heavy atom. The van der Waals surface area contributed by atoms with Crippen molar-refractivity contribution in [2.75, 3.05) is 24.1 Å². The summed E-state index contributed by atoms with van der Waals surface area (Å²) >= 11 is 0. The molecule has 7 nitrogen and oxygen atoms in total. The number of guanidine groups is 1. The Bertz CT molecular complexity index is 655. The van der Waals surface area contributed by atoms with Crippen molar-refractivity contribution in [3.63, 3.8) is 0 Å². The van der Waals surface area contributed by atoms with Gasteiger partial charge in [0.2, 0.25) is 10.0 Å². The smallest absolute Gasteiger partial charge is 0.229 e. The summed E-state index contributed by atoms with van der Waals surface area (Å²) in [5, 5.41) is 3.25. The van der Waals surface area contributed by atoms with Crippen molar-refractivity contribution in [3.8, 4) is 5.75 Å². The fraction of sp³-hybridized carbons (Fsp3) is 0.562. The van der Waals surface area contributed by atoms with E-state index in [0.717, 1.165) is 19.1 Å². The fourth-order valence-electron chi connectivity index (χ4n) is 2.69. The molecule has 8 heteroatoms. The van der Waals surface area contributed by atoms with Crippen LogP contribution in [0.25, 0.3) is 0 Å². The quantitative estimate of drug-likeness (QED) is 0.392. The molecule has 1 aliphatic carbocycles. The van der Waals surface area contributed by atoms with Crippen LogP contribution in [0.4, 0.5) is 5.69 Å². The van der Waals surface area contributed by atoms with Crippen LogP contribution in [-0.2, 0) is 10.0 Å². The number of anilines is 1. The molecule has 24 heavy (non-hydrogen) atoms. The molecular formula is C16H26N4O3S. The standard InChI is InChI=1S/C16H26N4O3S/c1-24(21,22)20-14-8-5-9-15(12-14)23-11-10-18-16(17)19-13-6-3-2-4-7-13/h5,8-9,12-13,20H,2-4,6-7,10-11H2,1H3,(H3,17,18,19). The van der Waals surface area contributed by atoms with Crippen LogP contribution in [-0.4, -0.2) is 39.8 Å². The van der Waals surface area contributed by atoms with Crippen LogP contribution in [0.3, 0.4) is 0 Å². The second kappa shape index (κ2) is 8.77. The lowest BCUT2D eigenvalue weighted by atomic mass is 9.96. The van der Waals surface area contributed by atoms with Gasteiger partial charge in [0, 0.05) is 12.1 Å². The minimum Gasteiger partial charge on any atom is -0.492 e. The second-order valence-electron chi connectivity index (χ2n) is 6.00. The first-order valence-electron chi connectivity index (χ1n) is 8.19. The van der Waals surface area contributed by atoms with Gasteiger partial charge in [-0.15, -0.1) is 0 Å². The zero-order valence-corrected chi connectivity index (χ0v) is 14.8. The lowest BCUT2D eigenvalue weighted by Crippen LogP contribution is -2.41. The van der Waals surface area contributed by atoms with Crippen molar-refractivity contribution in [2.24, 2.45) is 10.7 Å². The number of aliphatic imine (C=N–C) groups is 1. The highest BCUT2D eigenvalue weighted by atomic mass is 32.2. The summed E-state index contributed by atoms with van der Waals surface area (Å²) in [5.41, 5.74) is 6.35. The van der Waals surface area contributed by atoms with Crippen LogP contribution < -0.4 is 20.5 Å². The molecule has 0 unspecified atom stereocenters. The predicted molar refractivity (Wildman–Crippen MR) is 96.9 cm³/mol. The Balaban J connectivity index is 1.75. The Morgan fingerprint density at radius 2 is 2.08 bits per heavy atom. The van der Waals surface area contributed by atoms with Gasteiger partial charge in [0.15, 0.2) is 5.96 Å². The number of nitrogens with zero attached hydrogens (tertiary/aromatic N) is 1. The van der Waals surface area contributed by atoms with Gasteiger partial charge >= 0.3 is 0 Å². The van der Waals surface area contributed by atoms with E-state index < -0.39 is 10.0 Å². The van der Waals surface area contributed by atoms with Crippen molar-refractivity contribution in [1.29, 1.82) is 0 Å². The van der Waals surface area contributed by atoms with E-state index in [0.29, 0.717) is 36.6 Å². The summed E-state index contributed by atoms with van der Waals surface area (Å²) in [7, 11) is -3.30. The van der Waals surface area contributed by atoms with E-state index in [1.807, 2.05) is 0 Å². The highest BCUT2D eigenvalue weighted by molar-refractivity contribution is 7.92. The van der Waals surface area contributed by atoms with Gasteiger partial charge in [-0.3, -0.25) is 4.72 Å². The third-order valence-electron chi connectivity index (χ3n) is 3.74. The second-order valence-corrected chi connectivity index (χ2v) is 7.75. The molecule has 1 aromatic carbocycles. The molecule has 0 saturated heterocycles. The highest BCUT2D eigenvalue weighted by Crippen LogP contribution is 2.18. The first-order chi connectivity index (χ1) is 11.4. The number of sulfonamides is 1. The fourth-order valence-corrected chi connectivity index (χ4v) is 3.25.